The molecule has 1 radical (unpaired) electrons. The van der Waals surface area contributed by atoms with Crippen molar-refractivity contribution in [2.24, 2.45) is 0 Å². The van der Waals surface area contributed by atoms with Crippen LogP contribution in [0.3, 0.4) is 0 Å². The van der Waals surface area contributed by atoms with Crippen LogP contribution in [0.15, 0.2) is 0 Å². The van der Waals surface area contributed by atoms with Gasteiger partial charge in [-0.1, -0.05) is 0 Å². The normalized spacial score (nSPS) is 3.91. The largest absolute Gasteiger partial charge is 0.572 e. The van der Waals surface area contributed by atoms with Gasteiger partial charge in [-0.25, -0.2) is 0 Å². The minimum Gasteiger partial charge on any atom is -0.572 e. The Morgan fingerprint density at radius 3 is 1.09 bits per heavy atom. The van der Waals surface area contributed by atoms with Gasteiger partial charge >= 0.3 is 0 Å². The number of aliphatic carboxylic acids is 1. The van der Waals surface area contributed by atoms with Crippen LogP contribution in [-0.2, 0) is 66.2 Å². The molecule has 0 heterocycles. The van der Waals surface area contributed by atoms with E-state index in [0.717, 1.165) is 6.92 Å². The molecule has 0 amide bonds. The maximum absolute atomic E-state index is 9.08. The van der Waals surface area contributed by atoms with E-state index in [2.05, 4.69) is 39.0 Å². The van der Waals surface area contributed by atoms with Crippen molar-refractivity contribution in [3.8, 4) is 0 Å². The second-order valence-corrected chi connectivity index (χ2v) is 0.519. The van der Waals surface area contributed by atoms with Gasteiger partial charge in [-0.05, 0) is 0 Å². The standard InChI is InChI=1S/C2H4O2.Ag.3FS/c1-2(3)4;;3*1-2/h1H3,(H,3,4);;;;/q;;3*-1. The third kappa shape index (κ3) is 821. The molecule has 9 heteroatoms. The van der Waals surface area contributed by atoms with Gasteiger partial charge in [0.2, 0.25) is 0 Å². The molecule has 0 spiro atoms. The van der Waals surface area contributed by atoms with Gasteiger partial charge < -0.3 is 55.8 Å². The summed E-state index contributed by atoms with van der Waals surface area (Å²) in [6.07, 6.45) is 0. The van der Waals surface area contributed by atoms with Crippen molar-refractivity contribution in [1.82, 2.24) is 0 Å². The first-order valence-corrected chi connectivity index (χ1v) is 2.32. The average Bonchev–Trinajstić information content (AvgIpc) is 1.98. The molecule has 0 saturated heterocycles. The summed E-state index contributed by atoms with van der Waals surface area (Å²) < 4.78 is 27.2. The Hall–Kier alpha value is 1.05. The summed E-state index contributed by atoms with van der Waals surface area (Å²) in [4.78, 5) is 9.00. The van der Waals surface area contributed by atoms with Crippen molar-refractivity contribution in [2.45, 2.75) is 6.92 Å². The van der Waals surface area contributed by atoms with E-state index in [1.54, 1.807) is 0 Å². The zero-order valence-electron chi connectivity index (χ0n) is 5.02. The van der Waals surface area contributed by atoms with Crippen molar-refractivity contribution < 1.29 is 43.9 Å². The molecule has 0 aromatic carbocycles. The quantitative estimate of drug-likeness (QED) is 0.538. The number of carboxylic acid groups (broad SMARTS) is 1. The zero-order chi connectivity index (χ0) is 9.58. The second-order valence-electron chi connectivity index (χ2n) is 0.519. The Balaban J connectivity index is -0.0000000152. The molecule has 0 aliphatic heterocycles. The molecule has 0 fully saturated rings. The van der Waals surface area contributed by atoms with Crippen LogP contribution in [-0.4, -0.2) is 11.1 Å². The summed E-state index contributed by atoms with van der Waals surface area (Å²) >= 11 is 7.75. The van der Waals surface area contributed by atoms with Crippen LogP contribution in [0, 0.1) is 0 Å². The number of halogens is 3. The molecular weight excluding hydrogens is 317 g/mol. The second kappa shape index (κ2) is 68.0. The molecular formula is C2H4AgF3O2S3-3. The minimum absolute atomic E-state index is 0. The molecule has 0 bridgehead atoms. The first-order chi connectivity index (χ1) is 4.73. The van der Waals surface area contributed by atoms with Gasteiger partial charge in [0.25, 0.3) is 5.97 Å². The number of carboxylic acids is 1. The van der Waals surface area contributed by atoms with Gasteiger partial charge in [-0.3, -0.25) is 4.79 Å². The molecule has 0 unspecified atom stereocenters. The van der Waals surface area contributed by atoms with E-state index in [0.29, 0.717) is 0 Å². The molecule has 11 heavy (non-hydrogen) atoms. The van der Waals surface area contributed by atoms with Gasteiger partial charge in [-0.15, -0.1) is 0 Å². The fourth-order valence-corrected chi connectivity index (χ4v) is 0. The van der Waals surface area contributed by atoms with E-state index in [9.17, 15) is 0 Å². The maximum atomic E-state index is 9.08. The molecule has 2 nitrogen and oxygen atoms in total. The van der Waals surface area contributed by atoms with Crippen LogP contribution in [0.4, 0.5) is 11.7 Å². The van der Waals surface area contributed by atoms with Gasteiger partial charge in [0.05, 0.1) is 0 Å². The van der Waals surface area contributed by atoms with Crippen LogP contribution < -0.4 is 0 Å². The fourth-order valence-electron chi connectivity index (χ4n) is 0. The molecule has 0 atom stereocenters. The minimum atomic E-state index is -0.833. The van der Waals surface area contributed by atoms with Gasteiger partial charge in [0.1, 0.15) is 0 Å². The molecule has 0 aromatic rings. The first kappa shape index (κ1) is 29.6. The number of rotatable bonds is 0. The van der Waals surface area contributed by atoms with E-state index >= 15 is 0 Å². The van der Waals surface area contributed by atoms with E-state index in [1.807, 2.05) is 0 Å². The molecule has 0 aliphatic rings. The summed E-state index contributed by atoms with van der Waals surface area (Å²) in [5.41, 5.74) is 0. The zero-order valence-corrected chi connectivity index (χ0v) is 8.95. The summed E-state index contributed by atoms with van der Waals surface area (Å²) in [6.45, 7) is 1.08. The Labute approximate surface area is 95.6 Å². The SMILES string of the molecule is CC(=O)O.F[S-].F[S-].F[S-].[Ag]. The van der Waals surface area contributed by atoms with E-state index in [1.165, 1.54) is 0 Å². The van der Waals surface area contributed by atoms with Crippen molar-refractivity contribution in [3.05, 3.63) is 0 Å². The number of carbonyl (C=O) groups is 1. The summed E-state index contributed by atoms with van der Waals surface area (Å²) in [7, 11) is 0. The molecule has 1 N–H and O–H groups in total. The number of hydrogen-bond acceptors (Lipinski definition) is 4. The number of hydrogen-bond donors (Lipinski definition) is 1. The van der Waals surface area contributed by atoms with Crippen LogP contribution in [0.2, 0.25) is 0 Å². The Kier molecular flexibility index (Phi) is 183. The summed E-state index contributed by atoms with van der Waals surface area (Å²) in [5, 5.41) is 7.42. The fraction of sp³-hybridized carbons (Fsp3) is 0.500. The summed E-state index contributed by atoms with van der Waals surface area (Å²) in [6, 6.07) is 0. The first-order valence-electron chi connectivity index (χ1n) is 1.39. The topological polar surface area (TPSA) is 37.3 Å². The summed E-state index contributed by atoms with van der Waals surface area (Å²) in [5.74, 6) is -0.833. The van der Waals surface area contributed by atoms with Gasteiger partial charge in [0, 0.05) is 29.3 Å². The van der Waals surface area contributed by atoms with Crippen molar-refractivity contribution >= 4 is 45.0 Å². The predicted octanol–water partition coefficient (Wildman–Crippen LogP) is 1.34. The monoisotopic (exact) mass is 320 g/mol. The Morgan fingerprint density at radius 2 is 1.09 bits per heavy atom. The average molecular weight is 321 g/mol. The predicted molar refractivity (Wildman–Crippen MR) is 38.7 cm³/mol. The van der Waals surface area contributed by atoms with Crippen LogP contribution in [0.5, 0.6) is 0 Å². The molecule has 0 saturated carbocycles. The molecule has 0 rings (SSSR count). The van der Waals surface area contributed by atoms with E-state index in [4.69, 9.17) is 21.6 Å². The van der Waals surface area contributed by atoms with Crippen molar-refractivity contribution in [1.29, 1.82) is 0 Å². The Bertz CT molecular complexity index is 47.6. The van der Waals surface area contributed by atoms with Crippen molar-refractivity contribution in [3.63, 3.8) is 0 Å². The molecule has 77 valence electrons. The third-order valence-corrected chi connectivity index (χ3v) is 0. The molecule has 0 aliphatic carbocycles. The third-order valence-electron chi connectivity index (χ3n) is 0. The van der Waals surface area contributed by atoms with E-state index < -0.39 is 5.97 Å². The van der Waals surface area contributed by atoms with Crippen LogP contribution in [0.25, 0.3) is 0 Å². The molecule has 0 aromatic heterocycles. The van der Waals surface area contributed by atoms with Crippen molar-refractivity contribution in [2.75, 3.05) is 0 Å². The van der Waals surface area contributed by atoms with Gasteiger partial charge in [-0.2, -0.15) is 0 Å². The van der Waals surface area contributed by atoms with Crippen LogP contribution >= 0.6 is 0 Å². The smallest absolute Gasteiger partial charge is 0.300 e. The van der Waals surface area contributed by atoms with Crippen LogP contribution in [0.1, 0.15) is 6.92 Å². The maximum Gasteiger partial charge on any atom is 0.300 e. The van der Waals surface area contributed by atoms with E-state index in [-0.39, 0.29) is 22.4 Å². The van der Waals surface area contributed by atoms with Gasteiger partial charge in [0.15, 0.2) is 0 Å². The Morgan fingerprint density at radius 1 is 1.09 bits per heavy atom.